The molecule has 0 radical (unpaired) electrons. The van der Waals surface area contributed by atoms with E-state index < -0.39 is 0 Å². The van der Waals surface area contributed by atoms with Crippen LogP contribution in [-0.2, 0) is 0 Å². The molecule has 0 unspecified atom stereocenters. The minimum Gasteiger partial charge on any atom is -0.348 e. The summed E-state index contributed by atoms with van der Waals surface area (Å²) in [4.78, 5) is 20.7. The van der Waals surface area contributed by atoms with Crippen molar-refractivity contribution in [2.75, 3.05) is 5.32 Å². The first-order valence-corrected chi connectivity index (χ1v) is 8.66. The third-order valence-electron chi connectivity index (χ3n) is 4.27. The average Bonchev–Trinajstić information content (AvgIpc) is 2.60. The van der Waals surface area contributed by atoms with Gasteiger partial charge in [-0.05, 0) is 37.5 Å². The standard InChI is InChI=1S/C18H21ClN4O/c1-12-7-8-14(9-15(12)19)22-17-11-20-16(10-21-17)18(24)23-13-5-3-2-4-6-13/h7-11,13H,2-6H2,1H3,(H,21,22)(H,23,24). The van der Waals surface area contributed by atoms with E-state index in [-0.39, 0.29) is 11.9 Å². The number of nitrogens with one attached hydrogen (secondary N) is 2. The van der Waals surface area contributed by atoms with Gasteiger partial charge in [-0.2, -0.15) is 0 Å². The highest BCUT2D eigenvalue weighted by molar-refractivity contribution is 6.31. The first kappa shape index (κ1) is 16.7. The van der Waals surface area contributed by atoms with Crippen molar-refractivity contribution in [2.45, 2.75) is 45.1 Å². The lowest BCUT2D eigenvalue weighted by Crippen LogP contribution is -2.36. The normalized spacial score (nSPS) is 15.1. The van der Waals surface area contributed by atoms with Crippen LogP contribution < -0.4 is 10.6 Å². The summed E-state index contributed by atoms with van der Waals surface area (Å²) in [6.45, 7) is 1.95. The number of anilines is 2. The highest BCUT2D eigenvalue weighted by Gasteiger charge is 2.17. The van der Waals surface area contributed by atoms with Crippen molar-refractivity contribution in [3.8, 4) is 0 Å². The van der Waals surface area contributed by atoms with Gasteiger partial charge in [-0.3, -0.25) is 4.79 Å². The lowest BCUT2D eigenvalue weighted by atomic mass is 9.95. The highest BCUT2D eigenvalue weighted by Crippen LogP contribution is 2.22. The van der Waals surface area contributed by atoms with Gasteiger partial charge in [0.05, 0.1) is 12.4 Å². The zero-order valence-corrected chi connectivity index (χ0v) is 14.4. The molecule has 0 bridgehead atoms. The molecule has 0 spiro atoms. The third kappa shape index (κ3) is 4.23. The monoisotopic (exact) mass is 344 g/mol. The number of hydrogen-bond acceptors (Lipinski definition) is 4. The van der Waals surface area contributed by atoms with Gasteiger partial charge >= 0.3 is 0 Å². The number of hydrogen-bond donors (Lipinski definition) is 2. The zero-order valence-electron chi connectivity index (χ0n) is 13.7. The van der Waals surface area contributed by atoms with Gasteiger partial charge in [-0.15, -0.1) is 0 Å². The minimum absolute atomic E-state index is 0.153. The molecule has 1 aliphatic rings. The Morgan fingerprint density at radius 1 is 1.17 bits per heavy atom. The Morgan fingerprint density at radius 2 is 1.96 bits per heavy atom. The fraction of sp³-hybridized carbons (Fsp3) is 0.389. The topological polar surface area (TPSA) is 66.9 Å². The molecule has 5 nitrogen and oxygen atoms in total. The molecular formula is C18H21ClN4O. The molecule has 1 heterocycles. The van der Waals surface area contributed by atoms with Crippen LogP contribution in [0.5, 0.6) is 0 Å². The van der Waals surface area contributed by atoms with Gasteiger partial charge in [0.1, 0.15) is 11.5 Å². The number of aryl methyl sites for hydroxylation is 1. The van der Waals surface area contributed by atoms with E-state index in [1.807, 2.05) is 25.1 Å². The summed E-state index contributed by atoms with van der Waals surface area (Å²) in [6.07, 6.45) is 8.77. The lowest BCUT2D eigenvalue weighted by Gasteiger charge is -2.22. The Morgan fingerprint density at radius 3 is 2.62 bits per heavy atom. The maximum Gasteiger partial charge on any atom is 0.271 e. The molecule has 3 rings (SSSR count). The quantitative estimate of drug-likeness (QED) is 0.870. The first-order valence-electron chi connectivity index (χ1n) is 8.28. The Hall–Kier alpha value is -2.14. The van der Waals surface area contributed by atoms with Crippen molar-refractivity contribution in [2.24, 2.45) is 0 Å². The van der Waals surface area contributed by atoms with Gasteiger partial charge in [-0.25, -0.2) is 9.97 Å². The lowest BCUT2D eigenvalue weighted by molar-refractivity contribution is 0.0922. The number of benzene rings is 1. The van der Waals surface area contributed by atoms with Crippen LogP contribution in [0.4, 0.5) is 11.5 Å². The van der Waals surface area contributed by atoms with Gasteiger partial charge in [-0.1, -0.05) is 36.9 Å². The summed E-state index contributed by atoms with van der Waals surface area (Å²) in [5.41, 5.74) is 2.19. The molecule has 1 aromatic heterocycles. The molecule has 1 fully saturated rings. The fourth-order valence-electron chi connectivity index (χ4n) is 2.83. The summed E-state index contributed by atoms with van der Waals surface area (Å²) in [5.74, 6) is 0.420. The van der Waals surface area contributed by atoms with Gasteiger partial charge < -0.3 is 10.6 Å². The van der Waals surface area contributed by atoms with Crippen molar-refractivity contribution in [1.82, 2.24) is 15.3 Å². The van der Waals surface area contributed by atoms with Crippen LogP contribution in [0, 0.1) is 6.92 Å². The maximum atomic E-state index is 12.2. The molecule has 0 saturated heterocycles. The Bertz CT molecular complexity index is 711. The maximum absolute atomic E-state index is 12.2. The van der Waals surface area contributed by atoms with E-state index in [9.17, 15) is 4.79 Å². The van der Waals surface area contributed by atoms with E-state index in [4.69, 9.17) is 11.6 Å². The molecule has 1 aliphatic carbocycles. The summed E-state index contributed by atoms with van der Waals surface area (Å²) >= 11 is 6.11. The van der Waals surface area contributed by atoms with Crippen molar-refractivity contribution in [3.63, 3.8) is 0 Å². The van der Waals surface area contributed by atoms with E-state index >= 15 is 0 Å². The molecule has 0 aliphatic heterocycles. The predicted molar refractivity (Wildman–Crippen MR) is 95.8 cm³/mol. The second-order valence-corrected chi connectivity index (χ2v) is 6.59. The summed E-state index contributed by atoms with van der Waals surface area (Å²) < 4.78 is 0. The molecule has 24 heavy (non-hydrogen) atoms. The molecule has 126 valence electrons. The molecule has 2 N–H and O–H groups in total. The Labute approximate surface area is 146 Å². The Balaban J connectivity index is 1.61. The summed E-state index contributed by atoms with van der Waals surface area (Å²) in [7, 11) is 0. The van der Waals surface area contributed by atoms with Gasteiger partial charge in [0.15, 0.2) is 0 Å². The van der Waals surface area contributed by atoms with Crippen LogP contribution in [0.1, 0.15) is 48.2 Å². The number of carbonyl (C=O) groups is 1. The molecule has 1 saturated carbocycles. The molecule has 6 heteroatoms. The first-order chi connectivity index (χ1) is 11.6. The van der Waals surface area contributed by atoms with Crippen molar-refractivity contribution in [3.05, 3.63) is 46.9 Å². The summed E-state index contributed by atoms with van der Waals surface area (Å²) in [6, 6.07) is 5.96. The smallest absolute Gasteiger partial charge is 0.271 e. The van der Waals surface area contributed by atoms with Crippen LogP contribution in [0.3, 0.4) is 0 Å². The minimum atomic E-state index is -0.153. The number of aromatic nitrogens is 2. The number of rotatable bonds is 4. The highest BCUT2D eigenvalue weighted by atomic mass is 35.5. The van der Waals surface area contributed by atoms with E-state index in [1.54, 1.807) is 6.20 Å². The number of halogens is 1. The third-order valence-corrected chi connectivity index (χ3v) is 4.68. The SMILES string of the molecule is Cc1ccc(Nc2cnc(C(=O)NC3CCCCC3)cn2)cc1Cl. The van der Waals surface area contributed by atoms with E-state index in [0.29, 0.717) is 16.5 Å². The number of carbonyl (C=O) groups excluding carboxylic acids is 1. The van der Waals surface area contributed by atoms with Gasteiger partial charge in [0.2, 0.25) is 0 Å². The van der Waals surface area contributed by atoms with Crippen LogP contribution >= 0.6 is 11.6 Å². The van der Waals surface area contributed by atoms with Gasteiger partial charge in [0.25, 0.3) is 5.91 Å². The molecule has 2 aromatic rings. The van der Waals surface area contributed by atoms with Crippen molar-refractivity contribution >= 4 is 29.0 Å². The Kier molecular flexibility index (Phi) is 5.30. The van der Waals surface area contributed by atoms with E-state index in [1.165, 1.54) is 25.5 Å². The average molecular weight is 345 g/mol. The zero-order chi connectivity index (χ0) is 16.9. The van der Waals surface area contributed by atoms with Crippen LogP contribution in [0.25, 0.3) is 0 Å². The second kappa shape index (κ2) is 7.62. The van der Waals surface area contributed by atoms with E-state index in [0.717, 1.165) is 24.1 Å². The number of nitrogens with zero attached hydrogens (tertiary/aromatic N) is 2. The van der Waals surface area contributed by atoms with Crippen molar-refractivity contribution in [1.29, 1.82) is 0 Å². The molecule has 1 aromatic carbocycles. The molecular weight excluding hydrogens is 324 g/mol. The fourth-order valence-corrected chi connectivity index (χ4v) is 3.02. The second-order valence-electron chi connectivity index (χ2n) is 6.18. The van der Waals surface area contributed by atoms with Gasteiger partial charge in [0, 0.05) is 16.8 Å². The van der Waals surface area contributed by atoms with Crippen LogP contribution in [0.15, 0.2) is 30.6 Å². The molecule has 1 amide bonds. The van der Waals surface area contributed by atoms with Crippen LogP contribution in [-0.4, -0.2) is 21.9 Å². The summed E-state index contributed by atoms with van der Waals surface area (Å²) in [5, 5.41) is 6.86. The largest absolute Gasteiger partial charge is 0.348 e. The van der Waals surface area contributed by atoms with Crippen LogP contribution in [0.2, 0.25) is 5.02 Å². The molecule has 0 atom stereocenters. The number of amides is 1. The predicted octanol–water partition coefficient (Wildman–Crippen LogP) is 4.24. The van der Waals surface area contributed by atoms with E-state index in [2.05, 4.69) is 20.6 Å². The van der Waals surface area contributed by atoms with Crippen molar-refractivity contribution < 1.29 is 4.79 Å².